The van der Waals surface area contributed by atoms with Crippen molar-refractivity contribution in [3.63, 3.8) is 0 Å². The largest absolute Gasteiger partial charge is 0.351 e. The van der Waals surface area contributed by atoms with Gasteiger partial charge in [-0.3, -0.25) is 0 Å². The van der Waals surface area contributed by atoms with E-state index in [4.69, 9.17) is 0 Å². The van der Waals surface area contributed by atoms with E-state index >= 15 is 17.6 Å². The second-order valence-corrected chi connectivity index (χ2v) is 28.0. The Labute approximate surface area is 327 Å². The Balaban J connectivity index is 1.89. The number of anilines is 4. The van der Waals surface area contributed by atoms with Crippen LogP contribution in [-0.4, -0.2) is 26.1 Å². The van der Waals surface area contributed by atoms with Crippen LogP contribution in [0.15, 0.2) is 24.3 Å². The van der Waals surface area contributed by atoms with E-state index in [1.54, 1.807) is 0 Å². The number of rotatable bonds is 6. The van der Waals surface area contributed by atoms with Gasteiger partial charge in [0.25, 0.3) is 0 Å². The van der Waals surface area contributed by atoms with Crippen LogP contribution in [0.1, 0.15) is 94.2 Å². The molecular weight excluding hydrogens is 755 g/mol. The van der Waals surface area contributed by atoms with E-state index < -0.39 is 72.9 Å². The van der Waals surface area contributed by atoms with Crippen LogP contribution in [0.5, 0.6) is 0 Å². The normalized spacial score (nSPS) is 13.1. The molecule has 0 amide bonds. The molecule has 2 N–H and O–H groups in total. The standard InChI is InChI=1S/C44H48F6N4Si2/c1-21(2)55(22(3)4,23(5)6)19-17-27-39-40(52-30-16-14-13-15-29(30)51-39)28(18-20-56(24(7)8,25(9)10)26(11)12)42-41(27)53-43-35(47)31-32(36(48)44(43)54-42)34(46)38(50)37(49)33(31)45/h13-16,21-26,51-52H,1-12H3. The van der Waals surface area contributed by atoms with Crippen molar-refractivity contribution in [3.8, 4) is 22.9 Å². The lowest BCUT2D eigenvalue weighted by atomic mass is 9.99. The highest BCUT2D eigenvalue weighted by atomic mass is 28.3. The summed E-state index contributed by atoms with van der Waals surface area (Å²) in [6.07, 6.45) is 0. The summed E-state index contributed by atoms with van der Waals surface area (Å²) in [5.41, 5.74) is 10.5. The highest BCUT2D eigenvalue weighted by molar-refractivity contribution is 6.91. The molecular formula is C44H48F6N4Si2. The molecule has 0 radical (unpaired) electrons. The number of aromatic nitrogens is 2. The first-order valence-corrected chi connectivity index (χ1v) is 23.7. The van der Waals surface area contributed by atoms with Crippen LogP contribution < -0.4 is 10.6 Å². The van der Waals surface area contributed by atoms with Gasteiger partial charge in [-0.2, -0.15) is 0 Å². The van der Waals surface area contributed by atoms with Gasteiger partial charge < -0.3 is 10.6 Å². The summed E-state index contributed by atoms with van der Waals surface area (Å²) in [5, 5.41) is 4.25. The molecule has 5 aromatic rings. The van der Waals surface area contributed by atoms with E-state index in [0.29, 0.717) is 22.5 Å². The summed E-state index contributed by atoms with van der Waals surface area (Å²) < 4.78 is 92.5. The van der Waals surface area contributed by atoms with Crippen molar-refractivity contribution >= 4 is 71.7 Å². The number of halogens is 6. The molecule has 6 rings (SSSR count). The Morgan fingerprint density at radius 1 is 0.446 bits per heavy atom. The molecule has 294 valence electrons. The molecule has 0 fully saturated rings. The minimum absolute atomic E-state index is 0.0490. The van der Waals surface area contributed by atoms with Gasteiger partial charge in [0, 0.05) is 0 Å². The SMILES string of the molecule is CC(C)[Si](C#Cc1c2c(c(C#C[Si](C(C)C)(C(C)C)C(C)C)c3nc4c(F)c5c(F)c(F)c(F)c(F)c5c(F)c4nc13)Nc1ccccc1N2)(C(C)C)C(C)C. The summed E-state index contributed by atoms with van der Waals surface area (Å²) in [5.74, 6) is -4.90. The third kappa shape index (κ3) is 6.06. The van der Waals surface area contributed by atoms with Gasteiger partial charge in [-0.15, -0.1) is 11.1 Å². The molecule has 1 aromatic heterocycles. The Bertz CT molecular complexity index is 2340. The molecule has 0 unspecified atom stereocenters. The third-order valence-electron chi connectivity index (χ3n) is 12.2. The first-order chi connectivity index (χ1) is 26.2. The molecule has 0 bridgehead atoms. The predicted octanol–water partition coefficient (Wildman–Crippen LogP) is 13.7. The van der Waals surface area contributed by atoms with Crippen molar-refractivity contribution in [2.24, 2.45) is 0 Å². The highest BCUT2D eigenvalue weighted by Crippen LogP contribution is 2.48. The number of benzene rings is 4. The van der Waals surface area contributed by atoms with Gasteiger partial charge >= 0.3 is 0 Å². The fraction of sp³-hybridized carbons (Fsp3) is 0.409. The second-order valence-electron chi connectivity index (χ2n) is 16.8. The van der Waals surface area contributed by atoms with Crippen LogP contribution >= 0.6 is 0 Å². The highest BCUT2D eigenvalue weighted by Gasteiger charge is 2.43. The summed E-state index contributed by atoms with van der Waals surface area (Å²) in [6.45, 7) is 26.0. The maximum Gasteiger partial charge on any atom is 0.198 e. The van der Waals surface area contributed by atoms with Crippen LogP contribution in [0.4, 0.5) is 49.1 Å². The Morgan fingerprint density at radius 2 is 0.750 bits per heavy atom. The zero-order valence-electron chi connectivity index (χ0n) is 33.9. The van der Waals surface area contributed by atoms with E-state index in [1.807, 2.05) is 24.3 Å². The lowest BCUT2D eigenvalue weighted by molar-refractivity contribution is 0.415. The van der Waals surface area contributed by atoms with E-state index in [-0.39, 0.29) is 44.3 Å². The van der Waals surface area contributed by atoms with Gasteiger partial charge in [0.05, 0.1) is 44.6 Å². The van der Waals surface area contributed by atoms with Gasteiger partial charge in [0.1, 0.15) is 38.2 Å². The summed E-state index contributed by atoms with van der Waals surface area (Å²) in [7, 11) is -4.85. The molecule has 4 aromatic carbocycles. The summed E-state index contributed by atoms with van der Waals surface area (Å²) in [6, 6.07) is 7.53. The van der Waals surface area contributed by atoms with Crippen LogP contribution in [0.3, 0.4) is 0 Å². The first-order valence-electron chi connectivity index (χ1n) is 19.3. The van der Waals surface area contributed by atoms with Crippen LogP contribution in [0.25, 0.3) is 32.8 Å². The molecule has 4 nitrogen and oxygen atoms in total. The van der Waals surface area contributed by atoms with Crippen LogP contribution in [0, 0.1) is 57.8 Å². The van der Waals surface area contributed by atoms with Gasteiger partial charge in [-0.1, -0.05) is 107 Å². The number of hydrogen-bond donors (Lipinski definition) is 2. The van der Waals surface area contributed by atoms with Crippen molar-refractivity contribution in [2.75, 3.05) is 10.6 Å². The van der Waals surface area contributed by atoms with E-state index in [2.05, 4.69) is 127 Å². The van der Waals surface area contributed by atoms with E-state index in [1.165, 1.54) is 0 Å². The van der Waals surface area contributed by atoms with Crippen LogP contribution in [0.2, 0.25) is 33.2 Å². The second kappa shape index (κ2) is 14.8. The van der Waals surface area contributed by atoms with Gasteiger partial charge in [-0.05, 0) is 45.4 Å². The average molecular weight is 803 g/mol. The van der Waals surface area contributed by atoms with Crippen molar-refractivity contribution in [1.82, 2.24) is 9.97 Å². The molecule has 1 aliphatic heterocycles. The van der Waals surface area contributed by atoms with E-state index in [0.717, 1.165) is 11.4 Å². The quantitative estimate of drug-likeness (QED) is 0.0440. The Hall–Kier alpha value is -4.53. The first kappa shape index (κ1) is 41.1. The van der Waals surface area contributed by atoms with Crippen molar-refractivity contribution in [1.29, 1.82) is 0 Å². The minimum Gasteiger partial charge on any atom is -0.351 e. The lowest BCUT2D eigenvalue weighted by Crippen LogP contribution is -2.43. The van der Waals surface area contributed by atoms with Gasteiger partial charge in [-0.25, -0.2) is 36.3 Å². The lowest BCUT2D eigenvalue weighted by Gasteiger charge is -2.38. The molecule has 0 saturated heterocycles. The molecule has 0 saturated carbocycles. The fourth-order valence-corrected chi connectivity index (χ4v) is 19.9. The number of nitrogens with zero attached hydrogens (tertiary/aromatic N) is 2. The number of para-hydroxylation sites is 2. The van der Waals surface area contributed by atoms with E-state index in [9.17, 15) is 8.78 Å². The Morgan fingerprint density at radius 3 is 1.04 bits per heavy atom. The minimum atomic E-state index is -2.42. The summed E-state index contributed by atoms with van der Waals surface area (Å²) in [4.78, 5) is 9.25. The molecule has 56 heavy (non-hydrogen) atoms. The van der Waals surface area contributed by atoms with Gasteiger partial charge in [0.15, 0.2) is 34.9 Å². The zero-order chi connectivity index (χ0) is 41.3. The maximum atomic E-state index is 16.5. The van der Waals surface area contributed by atoms with Crippen LogP contribution in [-0.2, 0) is 0 Å². The Kier molecular flexibility index (Phi) is 10.8. The molecule has 12 heteroatoms. The fourth-order valence-electron chi connectivity index (χ4n) is 9.53. The molecule has 0 spiro atoms. The molecule has 2 heterocycles. The number of hydrogen-bond acceptors (Lipinski definition) is 4. The predicted molar refractivity (Wildman–Crippen MR) is 223 cm³/mol. The van der Waals surface area contributed by atoms with Crippen molar-refractivity contribution in [2.45, 2.75) is 116 Å². The van der Waals surface area contributed by atoms with Crippen molar-refractivity contribution in [3.05, 3.63) is 70.3 Å². The molecule has 0 atom stereocenters. The smallest absolute Gasteiger partial charge is 0.198 e. The zero-order valence-corrected chi connectivity index (χ0v) is 35.9. The number of nitrogens with one attached hydrogen (secondary N) is 2. The number of fused-ring (bicyclic) bond motifs is 5. The molecule has 1 aliphatic rings. The average Bonchev–Trinajstić information content (AvgIpc) is 3.13. The van der Waals surface area contributed by atoms with Crippen molar-refractivity contribution < 1.29 is 26.3 Å². The topological polar surface area (TPSA) is 49.8 Å². The third-order valence-corrected chi connectivity index (χ3v) is 24.8. The summed E-state index contributed by atoms with van der Waals surface area (Å²) >= 11 is 0. The maximum absolute atomic E-state index is 16.5. The van der Waals surface area contributed by atoms with Gasteiger partial charge in [0.2, 0.25) is 0 Å². The monoisotopic (exact) mass is 802 g/mol. The molecule has 0 aliphatic carbocycles.